The standard InChI is InChI=1S/C19H16FNO5/c1-3-25-19(24)16-17(22)15-13(21(2)18(16)23)5-4-6-14(15)26-12-9-7-11(20)8-10-12/h4-10,22H,3H2,1-2H3. The Morgan fingerprint density at radius 2 is 1.88 bits per heavy atom. The van der Waals surface area contributed by atoms with Crippen LogP contribution in [0.25, 0.3) is 10.9 Å². The molecule has 1 heterocycles. The molecular formula is C19H16FNO5. The molecule has 3 rings (SSSR count). The fraction of sp³-hybridized carbons (Fsp3) is 0.158. The number of fused-ring (bicyclic) bond motifs is 1. The normalized spacial score (nSPS) is 10.7. The first-order valence-corrected chi connectivity index (χ1v) is 7.89. The fourth-order valence-corrected chi connectivity index (χ4v) is 2.64. The highest BCUT2D eigenvalue weighted by molar-refractivity contribution is 6.01. The second-order valence-electron chi connectivity index (χ2n) is 5.51. The Hall–Kier alpha value is -3.35. The number of aryl methyl sites for hydroxylation is 1. The van der Waals surface area contributed by atoms with Gasteiger partial charge in [-0.25, -0.2) is 9.18 Å². The number of carbonyl (C=O) groups excluding carboxylic acids is 1. The van der Waals surface area contributed by atoms with Crippen LogP contribution in [0.4, 0.5) is 4.39 Å². The van der Waals surface area contributed by atoms with Gasteiger partial charge in [0.1, 0.15) is 23.1 Å². The number of pyridine rings is 1. The molecule has 0 radical (unpaired) electrons. The first-order valence-electron chi connectivity index (χ1n) is 7.89. The largest absolute Gasteiger partial charge is 0.506 e. The molecule has 0 bridgehead atoms. The summed E-state index contributed by atoms with van der Waals surface area (Å²) in [5.41, 5.74) is -0.760. The first kappa shape index (κ1) is 17.5. The molecule has 0 aliphatic rings. The van der Waals surface area contributed by atoms with E-state index in [9.17, 15) is 19.1 Å². The Balaban J connectivity index is 2.23. The lowest BCUT2D eigenvalue weighted by Gasteiger charge is -2.14. The summed E-state index contributed by atoms with van der Waals surface area (Å²) >= 11 is 0. The van der Waals surface area contributed by atoms with Gasteiger partial charge in [0.25, 0.3) is 5.56 Å². The van der Waals surface area contributed by atoms with Crippen molar-refractivity contribution in [2.24, 2.45) is 7.05 Å². The van der Waals surface area contributed by atoms with Crippen LogP contribution in [0.1, 0.15) is 17.3 Å². The van der Waals surface area contributed by atoms with E-state index in [0.717, 1.165) is 0 Å². The third-order valence-electron chi connectivity index (χ3n) is 3.88. The van der Waals surface area contributed by atoms with Crippen LogP contribution in [-0.2, 0) is 11.8 Å². The van der Waals surface area contributed by atoms with Gasteiger partial charge in [-0.3, -0.25) is 4.79 Å². The summed E-state index contributed by atoms with van der Waals surface area (Å²) in [6.07, 6.45) is 0. The van der Waals surface area contributed by atoms with E-state index in [1.165, 1.54) is 35.9 Å². The Kier molecular flexibility index (Phi) is 4.62. The molecule has 7 heteroatoms. The van der Waals surface area contributed by atoms with Crippen molar-refractivity contribution in [3.63, 3.8) is 0 Å². The van der Waals surface area contributed by atoms with Crippen molar-refractivity contribution >= 4 is 16.9 Å². The average Bonchev–Trinajstić information content (AvgIpc) is 2.62. The van der Waals surface area contributed by atoms with Gasteiger partial charge in [-0.1, -0.05) is 6.07 Å². The van der Waals surface area contributed by atoms with Crippen LogP contribution in [-0.4, -0.2) is 22.2 Å². The van der Waals surface area contributed by atoms with Gasteiger partial charge in [-0.05, 0) is 43.3 Å². The molecule has 134 valence electrons. The van der Waals surface area contributed by atoms with E-state index in [4.69, 9.17) is 9.47 Å². The number of esters is 1. The number of carbonyl (C=O) groups is 1. The third kappa shape index (κ3) is 2.99. The van der Waals surface area contributed by atoms with Gasteiger partial charge in [0.05, 0.1) is 17.5 Å². The van der Waals surface area contributed by atoms with Crippen LogP contribution in [0.15, 0.2) is 47.3 Å². The third-order valence-corrected chi connectivity index (χ3v) is 3.88. The van der Waals surface area contributed by atoms with Crippen molar-refractivity contribution < 1.29 is 23.8 Å². The molecule has 0 amide bonds. The molecule has 0 saturated heterocycles. The molecular weight excluding hydrogens is 341 g/mol. The lowest BCUT2D eigenvalue weighted by atomic mass is 10.1. The predicted molar refractivity (Wildman–Crippen MR) is 93.3 cm³/mol. The van der Waals surface area contributed by atoms with Crippen LogP contribution < -0.4 is 10.3 Å². The fourth-order valence-electron chi connectivity index (χ4n) is 2.64. The number of nitrogens with zero attached hydrogens (tertiary/aromatic N) is 1. The summed E-state index contributed by atoms with van der Waals surface area (Å²) in [7, 11) is 1.48. The van der Waals surface area contributed by atoms with Crippen molar-refractivity contribution in [3.05, 3.63) is 64.2 Å². The van der Waals surface area contributed by atoms with Crippen molar-refractivity contribution in [1.82, 2.24) is 4.57 Å². The number of ether oxygens (including phenoxy) is 2. The summed E-state index contributed by atoms with van der Waals surface area (Å²) < 4.78 is 24.9. The summed E-state index contributed by atoms with van der Waals surface area (Å²) in [5, 5.41) is 10.8. The van der Waals surface area contributed by atoms with Crippen molar-refractivity contribution in [1.29, 1.82) is 0 Å². The Labute approximate surface area is 148 Å². The predicted octanol–water partition coefficient (Wildman–Crippen LogP) is 3.35. The monoisotopic (exact) mass is 357 g/mol. The molecule has 2 aromatic carbocycles. The zero-order valence-corrected chi connectivity index (χ0v) is 14.2. The van der Waals surface area contributed by atoms with Gasteiger partial charge < -0.3 is 19.1 Å². The Morgan fingerprint density at radius 3 is 2.54 bits per heavy atom. The smallest absolute Gasteiger partial charge is 0.347 e. The van der Waals surface area contributed by atoms with Crippen LogP contribution in [0.5, 0.6) is 17.2 Å². The van der Waals surface area contributed by atoms with Gasteiger partial charge in [0, 0.05) is 7.05 Å². The molecule has 0 atom stereocenters. The Bertz CT molecular complexity index is 1040. The van der Waals surface area contributed by atoms with E-state index < -0.39 is 28.7 Å². The quantitative estimate of drug-likeness (QED) is 0.725. The molecule has 1 N–H and O–H groups in total. The Morgan fingerprint density at radius 1 is 1.19 bits per heavy atom. The van der Waals surface area contributed by atoms with Crippen molar-refractivity contribution in [2.75, 3.05) is 6.61 Å². The second kappa shape index (κ2) is 6.87. The second-order valence-corrected chi connectivity index (χ2v) is 5.51. The molecule has 0 fully saturated rings. The maximum atomic E-state index is 13.1. The molecule has 1 aromatic heterocycles. The lowest BCUT2D eigenvalue weighted by Crippen LogP contribution is -2.26. The zero-order chi connectivity index (χ0) is 18.8. The summed E-state index contributed by atoms with van der Waals surface area (Å²) in [4.78, 5) is 24.6. The molecule has 6 nitrogen and oxygen atoms in total. The van der Waals surface area contributed by atoms with Gasteiger partial charge in [-0.15, -0.1) is 0 Å². The first-order chi connectivity index (χ1) is 12.4. The minimum Gasteiger partial charge on any atom is -0.506 e. The highest BCUT2D eigenvalue weighted by Gasteiger charge is 2.24. The molecule has 0 aliphatic heterocycles. The summed E-state index contributed by atoms with van der Waals surface area (Å²) in [6.45, 7) is 1.66. The van der Waals surface area contributed by atoms with Gasteiger partial charge in [0.2, 0.25) is 0 Å². The minimum absolute atomic E-state index is 0.0627. The van der Waals surface area contributed by atoms with Crippen LogP contribution in [0.2, 0.25) is 0 Å². The molecule has 3 aromatic rings. The van der Waals surface area contributed by atoms with Crippen molar-refractivity contribution in [3.8, 4) is 17.2 Å². The maximum Gasteiger partial charge on any atom is 0.347 e. The highest BCUT2D eigenvalue weighted by atomic mass is 19.1. The number of hydrogen-bond acceptors (Lipinski definition) is 5. The summed E-state index contributed by atoms with van der Waals surface area (Å²) in [5.74, 6) is -1.29. The van der Waals surface area contributed by atoms with Gasteiger partial charge in [-0.2, -0.15) is 0 Å². The number of aromatic nitrogens is 1. The zero-order valence-electron chi connectivity index (χ0n) is 14.2. The van der Waals surface area contributed by atoms with Crippen LogP contribution >= 0.6 is 0 Å². The van der Waals surface area contributed by atoms with Crippen molar-refractivity contribution in [2.45, 2.75) is 6.92 Å². The van der Waals surface area contributed by atoms with E-state index in [0.29, 0.717) is 11.3 Å². The number of aromatic hydroxyl groups is 1. The topological polar surface area (TPSA) is 77.8 Å². The van der Waals surface area contributed by atoms with E-state index in [1.54, 1.807) is 25.1 Å². The average molecular weight is 357 g/mol. The number of rotatable bonds is 4. The minimum atomic E-state index is -0.913. The van der Waals surface area contributed by atoms with Crippen LogP contribution in [0, 0.1) is 5.82 Å². The number of benzene rings is 2. The maximum absolute atomic E-state index is 13.1. The summed E-state index contributed by atoms with van der Waals surface area (Å²) in [6, 6.07) is 10.2. The molecule has 26 heavy (non-hydrogen) atoms. The molecule has 0 unspecified atom stereocenters. The molecule has 0 saturated carbocycles. The lowest BCUT2D eigenvalue weighted by molar-refractivity contribution is 0.0520. The van der Waals surface area contributed by atoms with E-state index in [-0.39, 0.29) is 17.7 Å². The molecule has 0 spiro atoms. The SMILES string of the molecule is CCOC(=O)c1c(O)c2c(Oc3ccc(F)cc3)cccc2n(C)c1=O. The van der Waals surface area contributed by atoms with E-state index in [1.807, 2.05) is 0 Å². The van der Waals surface area contributed by atoms with Gasteiger partial charge >= 0.3 is 5.97 Å². The number of halogens is 1. The van der Waals surface area contributed by atoms with E-state index in [2.05, 4.69) is 0 Å². The molecule has 0 aliphatic carbocycles. The van der Waals surface area contributed by atoms with Crippen LogP contribution in [0.3, 0.4) is 0 Å². The number of hydrogen-bond donors (Lipinski definition) is 1. The highest BCUT2D eigenvalue weighted by Crippen LogP contribution is 2.36. The van der Waals surface area contributed by atoms with E-state index >= 15 is 0 Å². The van der Waals surface area contributed by atoms with Gasteiger partial charge in [0.15, 0.2) is 5.56 Å².